The number of carbonyl (C=O) groups is 1. The van der Waals surface area contributed by atoms with Crippen molar-refractivity contribution in [2.24, 2.45) is 7.05 Å². The maximum atomic E-state index is 12.8. The molecule has 1 atom stereocenters. The van der Waals surface area contributed by atoms with Gasteiger partial charge in [0.25, 0.3) is 5.91 Å². The minimum atomic E-state index is 0.0296. The fraction of sp³-hybridized carbons (Fsp3) is 0.278. The third-order valence-electron chi connectivity index (χ3n) is 4.48. The summed E-state index contributed by atoms with van der Waals surface area (Å²) in [7, 11) is 1.99. The van der Waals surface area contributed by atoms with E-state index in [-0.39, 0.29) is 5.91 Å². The Labute approximate surface area is 139 Å². The Morgan fingerprint density at radius 1 is 1.29 bits per heavy atom. The van der Waals surface area contributed by atoms with Crippen LogP contribution in [0.4, 0.5) is 0 Å². The van der Waals surface area contributed by atoms with Crippen LogP contribution in [0.3, 0.4) is 0 Å². The molecule has 0 N–H and O–H groups in total. The number of amides is 1. The molecule has 0 bridgehead atoms. The fourth-order valence-electron chi connectivity index (χ4n) is 3.23. The van der Waals surface area contributed by atoms with Gasteiger partial charge in [0, 0.05) is 50.2 Å². The molecule has 6 nitrogen and oxygen atoms in total. The minimum absolute atomic E-state index is 0.0296. The van der Waals surface area contributed by atoms with Crippen molar-refractivity contribution in [1.82, 2.24) is 19.4 Å². The number of aryl methyl sites for hydroxylation is 1. The van der Waals surface area contributed by atoms with Gasteiger partial charge >= 0.3 is 0 Å². The largest absolute Gasteiger partial charge is 0.463 e. The van der Waals surface area contributed by atoms with E-state index in [1.54, 1.807) is 30.8 Å². The molecule has 1 fully saturated rings. The highest BCUT2D eigenvalue weighted by molar-refractivity contribution is 5.95. The third kappa shape index (κ3) is 2.60. The summed E-state index contributed by atoms with van der Waals surface area (Å²) in [5.41, 5.74) is 1.31. The molecule has 0 aliphatic carbocycles. The monoisotopic (exact) mass is 322 g/mol. The van der Waals surface area contributed by atoms with Crippen molar-refractivity contribution in [2.75, 3.05) is 13.1 Å². The van der Waals surface area contributed by atoms with Gasteiger partial charge in [-0.15, -0.1) is 0 Å². The van der Waals surface area contributed by atoms with Crippen LogP contribution in [0.15, 0.2) is 53.5 Å². The van der Waals surface area contributed by atoms with E-state index in [0.717, 1.165) is 18.8 Å². The molecule has 4 heterocycles. The number of furan rings is 1. The van der Waals surface area contributed by atoms with Crippen LogP contribution in [0.25, 0.3) is 11.5 Å². The normalized spacial score (nSPS) is 17.4. The van der Waals surface area contributed by atoms with E-state index in [9.17, 15) is 4.79 Å². The van der Waals surface area contributed by atoms with Crippen molar-refractivity contribution in [3.05, 3.63) is 60.5 Å². The van der Waals surface area contributed by atoms with Crippen LogP contribution < -0.4 is 0 Å². The predicted molar refractivity (Wildman–Crippen MR) is 88.4 cm³/mol. The summed E-state index contributed by atoms with van der Waals surface area (Å²) in [4.78, 5) is 23.4. The Morgan fingerprint density at radius 2 is 2.21 bits per heavy atom. The molecule has 1 aliphatic heterocycles. The van der Waals surface area contributed by atoms with Crippen molar-refractivity contribution >= 4 is 5.91 Å². The first-order valence-corrected chi connectivity index (χ1v) is 7.99. The zero-order valence-electron chi connectivity index (χ0n) is 13.4. The molecule has 0 aromatic carbocycles. The van der Waals surface area contributed by atoms with Gasteiger partial charge in [0.1, 0.15) is 11.5 Å². The number of imidazole rings is 1. The average molecular weight is 322 g/mol. The molecule has 1 amide bonds. The molecule has 1 unspecified atom stereocenters. The molecule has 0 saturated carbocycles. The molecule has 122 valence electrons. The van der Waals surface area contributed by atoms with Crippen LogP contribution in [0.2, 0.25) is 0 Å². The lowest BCUT2D eigenvalue weighted by Crippen LogP contribution is -2.28. The average Bonchev–Trinajstić information content (AvgIpc) is 3.35. The summed E-state index contributed by atoms with van der Waals surface area (Å²) >= 11 is 0. The van der Waals surface area contributed by atoms with Crippen molar-refractivity contribution < 1.29 is 9.21 Å². The molecular formula is C18H18N4O2. The number of hydrogen-bond acceptors (Lipinski definition) is 4. The Balaban J connectivity index is 1.53. The number of rotatable bonds is 3. The van der Waals surface area contributed by atoms with E-state index in [0.29, 0.717) is 29.5 Å². The van der Waals surface area contributed by atoms with Gasteiger partial charge in [-0.3, -0.25) is 9.78 Å². The second-order valence-corrected chi connectivity index (χ2v) is 6.04. The molecule has 24 heavy (non-hydrogen) atoms. The van der Waals surface area contributed by atoms with Gasteiger partial charge in [0.2, 0.25) is 0 Å². The van der Waals surface area contributed by atoms with E-state index in [1.807, 2.05) is 34.8 Å². The molecule has 3 aromatic heterocycles. The smallest absolute Gasteiger partial charge is 0.254 e. The van der Waals surface area contributed by atoms with E-state index in [4.69, 9.17) is 4.42 Å². The molecular weight excluding hydrogens is 304 g/mol. The summed E-state index contributed by atoms with van der Waals surface area (Å²) in [5.74, 6) is 2.02. The lowest BCUT2D eigenvalue weighted by atomic mass is 10.1. The quantitative estimate of drug-likeness (QED) is 0.744. The van der Waals surface area contributed by atoms with Gasteiger partial charge in [-0.1, -0.05) is 0 Å². The first-order valence-electron chi connectivity index (χ1n) is 7.99. The van der Waals surface area contributed by atoms with E-state index in [1.165, 1.54) is 0 Å². The van der Waals surface area contributed by atoms with Crippen molar-refractivity contribution in [2.45, 2.75) is 12.3 Å². The maximum Gasteiger partial charge on any atom is 0.254 e. The zero-order chi connectivity index (χ0) is 16.5. The Kier molecular flexibility index (Phi) is 3.65. The minimum Gasteiger partial charge on any atom is -0.463 e. The van der Waals surface area contributed by atoms with E-state index >= 15 is 0 Å². The highest BCUT2D eigenvalue weighted by atomic mass is 16.3. The van der Waals surface area contributed by atoms with Crippen molar-refractivity contribution in [1.29, 1.82) is 0 Å². The number of pyridine rings is 1. The maximum absolute atomic E-state index is 12.8. The summed E-state index contributed by atoms with van der Waals surface area (Å²) in [6.07, 6.45) is 7.93. The van der Waals surface area contributed by atoms with Gasteiger partial charge in [0.05, 0.1) is 6.26 Å². The second kappa shape index (κ2) is 5.96. The molecule has 1 saturated heterocycles. The highest BCUT2D eigenvalue weighted by Gasteiger charge is 2.30. The lowest BCUT2D eigenvalue weighted by Gasteiger charge is -2.17. The van der Waals surface area contributed by atoms with Crippen LogP contribution in [0.1, 0.15) is 28.5 Å². The highest BCUT2D eigenvalue weighted by Crippen LogP contribution is 2.27. The Hall–Kier alpha value is -2.89. The second-order valence-electron chi connectivity index (χ2n) is 6.04. The van der Waals surface area contributed by atoms with Gasteiger partial charge in [-0.2, -0.15) is 0 Å². The molecule has 4 rings (SSSR count). The zero-order valence-corrected chi connectivity index (χ0v) is 13.4. The Morgan fingerprint density at radius 3 is 2.96 bits per heavy atom. The van der Waals surface area contributed by atoms with E-state index in [2.05, 4.69) is 9.97 Å². The number of likely N-dealkylation sites (tertiary alicyclic amines) is 1. The van der Waals surface area contributed by atoms with E-state index < -0.39 is 0 Å². The summed E-state index contributed by atoms with van der Waals surface area (Å²) in [6.45, 7) is 1.44. The van der Waals surface area contributed by atoms with Gasteiger partial charge in [-0.25, -0.2) is 4.98 Å². The van der Waals surface area contributed by atoms with Crippen LogP contribution >= 0.6 is 0 Å². The number of hydrogen-bond donors (Lipinski definition) is 0. The third-order valence-corrected chi connectivity index (χ3v) is 4.48. The topological polar surface area (TPSA) is 64.2 Å². The number of aromatic nitrogens is 3. The first kappa shape index (κ1) is 14.7. The first-order chi connectivity index (χ1) is 11.7. The summed E-state index contributed by atoms with van der Waals surface area (Å²) in [5, 5.41) is 0. The van der Waals surface area contributed by atoms with Crippen molar-refractivity contribution in [3.63, 3.8) is 0 Å². The molecule has 1 aliphatic rings. The van der Waals surface area contributed by atoms with Crippen LogP contribution in [0, 0.1) is 0 Å². The number of carbonyl (C=O) groups excluding carboxylic acids is 1. The molecule has 0 spiro atoms. The molecule has 0 radical (unpaired) electrons. The molecule has 6 heteroatoms. The lowest BCUT2D eigenvalue weighted by molar-refractivity contribution is 0.0790. The standard InChI is InChI=1S/C18H18N4O2/c1-21-9-7-20-17(21)14-5-8-22(12-14)18(23)13-4-6-19-15(11-13)16-3-2-10-24-16/h2-4,6-7,9-11,14H,5,8,12H2,1H3. The van der Waals surface area contributed by atoms with Crippen LogP contribution in [0.5, 0.6) is 0 Å². The predicted octanol–water partition coefficient (Wildman–Crippen LogP) is 2.70. The van der Waals surface area contributed by atoms with Crippen LogP contribution in [-0.4, -0.2) is 38.4 Å². The SMILES string of the molecule is Cn1ccnc1C1CCN(C(=O)c2ccnc(-c3ccco3)c2)C1. The summed E-state index contributed by atoms with van der Waals surface area (Å²) in [6, 6.07) is 7.19. The molecule has 3 aromatic rings. The summed E-state index contributed by atoms with van der Waals surface area (Å²) < 4.78 is 7.39. The van der Waals surface area contributed by atoms with Crippen LogP contribution in [-0.2, 0) is 7.05 Å². The number of nitrogens with zero attached hydrogens (tertiary/aromatic N) is 4. The van der Waals surface area contributed by atoms with Gasteiger partial charge < -0.3 is 13.9 Å². The fourth-order valence-corrected chi connectivity index (χ4v) is 3.23. The van der Waals surface area contributed by atoms with Gasteiger partial charge in [-0.05, 0) is 30.7 Å². The van der Waals surface area contributed by atoms with Crippen molar-refractivity contribution in [3.8, 4) is 11.5 Å². The Bertz CT molecular complexity index is 854. The van der Waals surface area contributed by atoms with Gasteiger partial charge in [0.15, 0.2) is 5.76 Å².